The molecule has 1 aliphatic heterocycles. The summed E-state index contributed by atoms with van der Waals surface area (Å²) in [5.74, 6) is -0.313. The van der Waals surface area contributed by atoms with E-state index < -0.39 is 0 Å². The van der Waals surface area contributed by atoms with Crippen LogP contribution in [-0.2, 0) is 9.59 Å². The molecular formula is C9H16N2O2. The van der Waals surface area contributed by atoms with Crippen molar-refractivity contribution in [3.8, 4) is 0 Å². The molecule has 1 saturated heterocycles. The molecule has 1 aliphatic rings. The first-order valence-corrected chi connectivity index (χ1v) is 4.66. The predicted octanol–water partition coefficient (Wildman–Crippen LogP) is 0.119. The van der Waals surface area contributed by atoms with Gasteiger partial charge in [-0.3, -0.25) is 14.5 Å². The number of carbonyl (C=O) groups excluding carboxylic acids is 2. The Labute approximate surface area is 78.1 Å². The van der Waals surface area contributed by atoms with Gasteiger partial charge in [0.2, 0.25) is 11.8 Å². The number of hydrogen-bond acceptors (Lipinski definition) is 3. The van der Waals surface area contributed by atoms with Crippen molar-refractivity contribution < 1.29 is 9.59 Å². The van der Waals surface area contributed by atoms with Crippen LogP contribution in [0.1, 0.15) is 26.7 Å². The second-order valence-electron chi connectivity index (χ2n) is 3.62. The molecule has 2 atom stereocenters. The number of amides is 2. The molecule has 2 amide bonds. The molecule has 1 fully saturated rings. The van der Waals surface area contributed by atoms with Crippen molar-refractivity contribution in [1.29, 1.82) is 0 Å². The first kappa shape index (κ1) is 10.2. The van der Waals surface area contributed by atoms with Gasteiger partial charge < -0.3 is 5.73 Å². The monoisotopic (exact) mass is 184 g/mol. The molecule has 0 radical (unpaired) electrons. The Morgan fingerprint density at radius 1 is 1.62 bits per heavy atom. The average molecular weight is 184 g/mol. The standard InChI is InChI=1S/C9H16N2O2/c1-3-7(10)5-11-8(12)4-6(2)9(11)13/h6-7H,3-5,10H2,1-2H3. The number of rotatable bonds is 3. The summed E-state index contributed by atoms with van der Waals surface area (Å²) in [5, 5.41) is 0. The van der Waals surface area contributed by atoms with Crippen LogP contribution in [0.15, 0.2) is 0 Å². The molecule has 74 valence electrons. The van der Waals surface area contributed by atoms with E-state index in [1.165, 1.54) is 4.90 Å². The van der Waals surface area contributed by atoms with Crippen molar-refractivity contribution in [2.45, 2.75) is 32.7 Å². The van der Waals surface area contributed by atoms with Crippen LogP contribution < -0.4 is 5.73 Å². The summed E-state index contributed by atoms with van der Waals surface area (Å²) in [6.45, 7) is 4.09. The number of hydrogen-bond donors (Lipinski definition) is 1. The minimum absolute atomic E-state index is 0.0751. The van der Waals surface area contributed by atoms with Crippen LogP contribution in [0, 0.1) is 5.92 Å². The lowest BCUT2D eigenvalue weighted by molar-refractivity contribution is -0.139. The quantitative estimate of drug-likeness (QED) is 0.633. The Kier molecular flexibility index (Phi) is 3.03. The highest BCUT2D eigenvalue weighted by molar-refractivity contribution is 6.03. The van der Waals surface area contributed by atoms with Gasteiger partial charge in [-0.15, -0.1) is 0 Å². The molecule has 0 bridgehead atoms. The second kappa shape index (κ2) is 3.87. The summed E-state index contributed by atoms with van der Waals surface area (Å²) >= 11 is 0. The minimum Gasteiger partial charge on any atom is -0.326 e. The minimum atomic E-state index is -0.156. The average Bonchev–Trinajstić information content (AvgIpc) is 2.32. The van der Waals surface area contributed by atoms with E-state index in [0.717, 1.165) is 6.42 Å². The van der Waals surface area contributed by atoms with Gasteiger partial charge in [-0.25, -0.2) is 0 Å². The van der Waals surface area contributed by atoms with Crippen molar-refractivity contribution in [1.82, 2.24) is 4.90 Å². The zero-order valence-corrected chi connectivity index (χ0v) is 8.12. The van der Waals surface area contributed by atoms with Gasteiger partial charge in [0.05, 0.1) is 0 Å². The van der Waals surface area contributed by atoms with Gasteiger partial charge in [0.1, 0.15) is 0 Å². The molecule has 2 N–H and O–H groups in total. The Hall–Kier alpha value is -0.900. The van der Waals surface area contributed by atoms with Crippen LogP contribution in [-0.4, -0.2) is 29.3 Å². The Morgan fingerprint density at radius 3 is 2.62 bits per heavy atom. The summed E-state index contributed by atoms with van der Waals surface area (Å²) in [7, 11) is 0. The van der Waals surface area contributed by atoms with Crippen molar-refractivity contribution in [3.05, 3.63) is 0 Å². The van der Waals surface area contributed by atoms with Crippen molar-refractivity contribution in [3.63, 3.8) is 0 Å². The topological polar surface area (TPSA) is 63.4 Å². The number of likely N-dealkylation sites (tertiary alicyclic amines) is 1. The molecule has 4 heteroatoms. The van der Waals surface area contributed by atoms with Crippen LogP contribution >= 0.6 is 0 Å². The highest BCUT2D eigenvalue weighted by atomic mass is 16.2. The molecular weight excluding hydrogens is 168 g/mol. The van der Waals surface area contributed by atoms with Crippen LogP contribution in [0.25, 0.3) is 0 Å². The van der Waals surface area contributed by atoms with Gasteiger partial charge in [-0.2, -0.15) is 0 Å². The summed E-state index contributed by atoms with van der Waals surface area (Å²) in [6.07, 6.45) is 1.13. The fraction of sp³-hybridized carbons (Fsp3) is 0.778. The molecule has 0 aromatic rings. The third-order valence-electron chi connectivity index (χ3n) is 2.41. The molecule has 13 heavy (non-hydrogen) atoms. The molecule has 0 aromatic heterocycles. The Bertz CT molecular complexity index is 228. The molecule has 4 nitrogen and oxygen atoms in total. The predicted molar refractivity (Wildman–Crippen MR) is 48.8 cm³/mol. The van der Waals surface area contributed by atoms with Gasteiger partial charge in [0, 0.05) is 24.9 Å². The van der Waals surface area contributed by atoms with Crippen LogP contribution in [0.3, 0.4) is 0 Å². The Balaban J connectivity index is 2.59. The number of imide groups is 1. The lowest BCUT2D eigenvalue weighted by Gasteiger charge is -2.18. The molecule has 0 spiro atoms. The lowest BCUT2D eigenvalue weighted by Crippen LogP contribution is -2.40. The van der Waals surface area contributed by atoms with Gasteiger partial charge >= 0.3 is 0 Å². The van der Waals surface area contributed by atoms with Crippen molar-refractivity contribution >= 4 is 11.8 Å². The largest absolute Gasteiger partial charge is 0.326 e. The first-order valence-electron chi connectivity index (χ1n) is 4.66. The zero-order valence-electron chi connectivity index (χ0n) is 8.12. The van der Waals surface area contributed by atoms with Crippen molar-refractivity contribution in [2.24, 2.45) is 11.7 Å². The normalized spacial score (nSPS) is 25.5. The van der Waals surface area contributed by atoms with E-state index in [1.54, 1.807) is 6.92 Å². The van der Waals surface area contributed by atoms with E-state index in [1.807, 2.05) is 6.92 Å². The van der Waals surface area contributed by atoms with E-state index in [4.69, 9.17) is 5.73 Å². The van der Waals surface area contributed by atoms with E-state index in [0.29, 0.717) is 13.0 Å². The SMILES string of the molecule is CCC(N)CN1C(=O)CC(C)C1=O. The number of nitrogens with zero attached hydrogens (tertiary/aromatic N) is 1. The number of nitrogens with two attached hydrogens (primary N) is 1. The molecule has 1 heterocycles. The van der Waals surface area contributed by atoms with Crippen LogP contribution in [0.5, 0.6) is 0 Å². The molecule has 1 rings (SSSR count). The molecule has 0 saturated carbocycles. The maximum Gasteiger partial charge on any atom is 0.232 e. The molecule has 2 unspecified atom stereocenters. The first-order chi connectivity index (χ1) is 6.06. The second-order valence-corrected chi connectivity index (χ2v) is 3.62. The summed E-state index contributed by atoms with van der Waals surface area (Å²) in [5.41, 5.74) is 5.68. The van der Waals surface area contributed by atoms with Gasteiger partial charge in [0.15, 0.2) is 0 Å². The maximum absolute atomic E-state index is 11.4. The van der Waals surface area contributed by atoms with Gasteiger partial charge in [0.25, 0.3) is 0 Å². The van der Waals surface area contributed by atoms with E-state index in [2.05, 4.69) is 0 Å². The molecule has 0 aromatic carbocycles. The van der Waals surface area contributed by atoms with Crippen molar-refractivity contribution in [2.75, 3.05) is 6.54 Å². The summed E-state index contributed by atoms with van der Waals surface area (Å²) < 4.78 is 0. The Morgan fingerprint density at radius 2 is 2.23 bits per heavy atom. The van der Waals surface area contributed by atoms with Gasteiger partial charge in [-0.1, -0.05) is 13.8 Å². The van der Waals surface area contributed by atoms with E-state index in [-0.39, 0.29) is 23.8 Å². The smallest absolute Gasteiger partial charge is 0.232 e. The molecule has 0 aliphatic carbocycles. The highest BCUT2D eigenvalue weighted by Gasteiger charge is 2.35. The summed E-state index contributed by atoms with van der Waals surface area (Å²) in [4.78, 5) is 24.0. The fourth-order valence-electron chi connectivity index (χ4n) is 1.40. The van der Waals surface area contributed by atoms with Crippen LogP contribution in [0.4, 0.5) is 0 Å². The third-order valence-corrected chi connectivity index (χ3v) is 2.41. The van der Waals surface area contributed by atoms with E-state index in [9.17, 15) is 9.59 Å². The third kappa shape index (κ3) is 2.06. The van der Waals surface area contributed by atoms with E-state index >= 15 is 0 Å². The van der Waals surface area contributed by atoms with Crippen LogP contribution in [0.2, 0.25) is 0 Å². The fourth-order valence-corrected chi connectivity index (χ4v) is 1.40. The highest BCUT2D eigenvalue weighted by Crippen LogP contribution is 2.18. The summed E-state index contributed by atoms with van der Waals surface area (Å²) in [6, 6.07) is -0.0850. The number of carbonyl (C=O) groups is 2. The van der Waals surface area contributed by atoms with Gasteiger partial charge in [-0.05, 0) is 6.42 Å². The maximum atomic E-state index is 11.4. The lowest BCUT2D eigenvalue weighted by atomic mass is 10.1. The zero-order chi connectivity index (χ0) is 10.0.